The van der Waals surface area contributed by atoms with Gasteiger partial charge >= 0.3 is 0 Å². The average molecular weight is 381 g/mol. The average Bonchev–Trinajstić information content (AvgIpc) is 3.22. The van der Waals surface area contributed by atoms with Gasteiger partial charge in [-0.15, -0.1) is 23.1 Å². The van der Waals surface area contributed by atoms with E-state index in [2.05, 4.69) is 52.0 Å². The molecule has 0 bridgehead atoms. The third-order valence-corrected chi connectivity index (χ3v) is 6.41. The van der Waals surface area contributed by atoms with Gasteiger partial charge in [0.1, 0.15) is 0 Å². The highest BCUT2D eigenvalue weighted by atomic mass is 32.2. The van der Waals surface area contributed by atoms with Crippen LogP contribution < -0.4 is 10.2 Å². The van der Waals surface area contributed by atoms with Crippen molar-refractivity contribution in [1.82, 2.24) is 5.32 Å². The number of nitrogens with one attached hydrogen (secondary N) is 1. The van der Waals surface area contributed by atoms with Gasteiger partial charge in [0.05, 0.1) is 18.3 Å². The molecule has 0 radical (unpaired) electrons. The van der Waals surface area contributed by atoms with Gasteiger partial charge in [-0.1, -0.05) is 48.5 Å². The van der Waals surface area contributed by atoms with Crippen molar-refractivity contribution in [3.8, 4) is 0 Å². The van der Waals surface area contributed by atoms with Crippen molar-refractivity contribution in [1.29, 1.82) is 0 Å². The molecule has 5 heteroatoms. The minimum atomic E-state index is -0.0990. The second-order valence-electron chi connectivity index (χ2n) is 6.16. The number of anilines is 1. The molecule has 0 fully saturated rings. The van der Waals surface area contributed by atoms with E-state index in [4.69, 9.17) is 0 Å². The number of thiophene rings is 1. The normalized spacial score (nSPS) is 14.5. The molecule has 0 saturated carbocycles. The third kappa shape index (κ3) is 3.79. The molecule has 2 heterocycles. The van der Waals surface area contributed by atoms with Gasteiger partial charge in [0.25, 0.3) is 0 Å². The monoisotopic (exact) mass is 380 g/mol. The van der Waals surface area contributed by atoms with E-state index in [1.165, 1.54) is 4.90 Å². The van der Waals surface area contributed by atoms with Crippen molar-refractivity contribution in [2.45, 2.75) is 10.9 Å². The van der Waals surface area contributed by atoms with Crippen LogP contribution in [0.3, 0.4) is 0 Å². The van der Waals surface area contributed by atoms with Gasteiger partial charge in [0.15, 0.2) is 0 Å². The largest absolute Gasteiger partial charge is 0.360 e. The summed E-state index contributed by atoms with van der Waals surface area (Å²) in [4.78, 5) is 17.4. The fourth-order valence-corrected chi connectivity index (χ4v) is 5.04. The van der Waals surface area contributed by atoms with Gasteiger partial charge < -0.3 is 10.2 Å². The second kappa shape index (κ2) is 7.98. The van der Waals surface area contributed by atoms with Crippen LogP contribution in [-0.4, -0.2) is 24.7 Å². The van der Waals surface area contributed by atoms with E-state index in [-0.39, 0.29) is 11.9 Å². The van der Waals surface area contributed by atoms with E-state index in [0.29, 0.717) is 6.54 Å². The highest BCUT2D eigenvalue weighted by Crippen LogP contribution is 2.34. The van der Waals surface area contributed by atoms with E-state index in [9.17, 15) is 4.79 Å². The predicted molar refractivity (Wildman–Crippen MR) is 110 cm³/mol. The summed E-state index contributed by atoms with van der Waals surface area (Å²) in [6.45, 7) is 1.27. The van der Waals surface area contributed by atoms with Crippen LogP contribution in [0.5, 0.6) is 0 Å². The van der Waals surface area contributed by atoms with E-state index < -0.39 is 0 Å². The number of thioether (sulfide) groups is 1. The quantitative estimate of drug-likeness (QED) is 0.704. The molecule has 1 aliphatic rings. The topological polar surface area (TPSA) is 32.3 Å². The zero-order valence-electron chi connectivity index (χ0n) is 14.3. The fourth-order valence-electron chi connectivity index (χ4n) is 3.19. The SMILES string of the molecule is O=C(CN1CCSc2ccccc21)N[C@@H](c1ccccc1)c1cccs1. The number of rotatable bonds is 5. The molecule has 0 aliphatic carbocycles. The Hall–Kier alpha value is -2.24. The van der Waals surface area contributed by atoms with E-state index in [0.717, 1.165) is 28.4 Å². The zero-order valence-corrected chi connectivity index (χ0v) is 15.9. The lowest BCUT2D eigenvalue weighted by molar-refractivity contribution is -0.120. The predicted octanol–water partition coefficient (Wildman–Crippen LogP) is 4.57. The van der Waals surface area contributed by atoms with Crippen LogP contribution in [0.4, 0.5) is 5.69 Å². The number of amides is 1. The molecule has 3 nitrogen and oxygen atoms in total. The summed E-state index contributed by atoms with van der Waals surface area (Å²) in [5, 5.41) is 5.29. The number of nitrogens with zero attached hydrogens (tertiary/aromatic N) is 1. The molecule has 132 valence electrons. The molecule has 1 N–H and O–H groups in total. The van der Waals surface area contributed by atoms with Gasteiger partial charge in [0.2, 0.25) is 5.91 Å². The molecule has 4 rings (SSSR count). The van der Waals surface area contributed by atoms with Crippen molar-refractivity contribution in [2.75, 3.05) is 23.7 Å². The van der Waals surface area contributed by atoms with E-state index in [1.54, 1.807) is 11.3 Å². The van der Waals surface area contributed by atoms with Crippen molar-refractivity contribution < 1.29 is 4.79 Å². The Labute approximate surface area is 162 Å². The summed E-state index contributed by atoms with van der Waals surface area (Å²) >= 11 is 3.53. The molecule has 1 aliphatic heterocycles. The first-order chi connectivity index (χ1) is 12.8. The standard InChI is InChI=1S/C21H20N2OS2/c24-20(15-23-12-14-26-18-10-5-4-9-17(18)23)22-21(19-11-6-13-25-19)16-7-2-1-3-8-16/h1-11,13,21H,12,14-15H2,(H,22,24)/t21-/m0/s1. The van der Waals surface area contributed by atoms with Gasteiger partial charge in [-0.2, -0.15) is 0 Å². The summed E-state index contributed by atoms with van der Waals surface area (Å²) in [5.74, 6) is 1.06. The summed E-state index contributed by atoms with van der Waals surface area (Å²) in [6, 6.07) is 22.5. The molecule has 1 aromatic heterocycles. The lowest BCUT2D eigenvalue weighted by atomic mass is 10.1. The van der Waals surface area contributed by atoms with Crippen LogP contribution in [0.2, 0.25) is 0 Å². The Morgan fingerprint density at radius 2 is 1.85 bits per heavy atom. The molecule has 0 spiro atoms. The zero-order chi connectivity index (χ0) is 17.8. The summed E-state index contributed by atoms with van der Waals surface area (Å²) in [5.41, 5.74) is 2.27. The number of fused-ring (bicyclic) bond motifs is 1. The Kier molecular flexibility index (Phi) is 5.27. The molecule has 1 amide bonds. The summed E-state index contributed by atoms with van der Waals surface area (Å²) < 4.78 is 0. The summed E-state index contributed by atoms with van der Waals surface area (Å²) in [6.07, 6.45) is 0. The molecule has 2 aromatic carbocycles. The van der Waals surface area contributed by atoms with Crippen LogP contribution in [0.1, 0.15) is 16.5 Å². The first kappa shape index (κ1) is 17.2. The molecule has 0 saturated heterocycles. The molecule has 3 aromatic rings. The van der Waals surface area contributed by atoms with Crippen molar-refractivity contribution >= 4 is 34.7 Å². The minimum Gasteiger partial charge on any atom is -0.360 e. The fraction of sp³-hybridized carbons (Fsp3) is 0.190. The Morgan fingerprint density at radius 3 is 2.65 bits per heavy atom. The van der Waals surface area contributed by atoms with Crippen LogP contribution >= 0.6 is 23.1 Å². The number of hydrogen-bond donors (Lipinski definition) is 1. The van der Waals surface area contributed by atoms with E-state index >= 15 is 0 Å². The molecule has 0 unspecified atom stereocenters. The Morgan fingerprint density at radius 1 is 1.04 bits per heavy atom. The number of hydrogen-bond acceptors (Lipinski definition) is 4. The van der Waals surface area contributed by atoms with Crippen molar-refractivity contribution in [3.63, 3.8) is 0 Å². The maximum atomic E-state index is 12.8. The van der Waals surface area contributed by atoms with Gasteiger partial charge in [-0.3, -0.25) is 4.79 Å². The van der Waals surface area contributed by atoms with Crippen molar-refractivity contribution in [2.24, 2.45) is 0 Å². The number of carbonyl (C=O) groups is 1. The smallest absolute Gasteiger partial charge is 0.240 e. The van der Waals surface area contributed by atoms with Crippen LogP contribution in [0, 0.1) is 0 Å². The second-order valence-corrected chi connectivity index (χ2v) is 8.28. The molecular formula is C21H20N2OS2. The van der Waals surface area contributed by atoms with Crippen LogP contribution in [0.25, 0.3) is 0 Å². The third-order valence-electron chi connectivity index (χ3n) is 4.43. The maximum Gasteiger partial charge on any atom is 0.240 e. The number of benzene rings is 2. The Balaban J connectivity index is 1.51. The molecule has 26 heavy (non-hydrogen) atoms. The van der Waals surface area contributed by atoms with Gasteiger partial charge in [-0.05, 0) is 29.1 Å². The highest BCUT2D eigenvalue weighted by molar-refractivity contribution is 7.99. The number of para-hydroxylation sites is 1. The molecular weight excluding hydrogens is 360 g/mol. The van der Waals surface area contributed by atoms with Crippen LogP contribution in [-0.2, 0) is 4.79 Å². The maximum absolute atomic E-state index is 12.8. The lowest BCUT2D eigenvalue weighted by Gasteiger charge is -2.30. The first-order valence-corrected chi connectivity index (χ1v) is 10.5. The molecule has 1 atom stereocenters. The lowest BCUT2D eigenvalue weighted by Crippen LogP contribution is -2.41. The van der Waals surface area contributed by atoms with Crippen molar-refractivity contribution in [3.05, 3.63) is 82.6 Å². The van der Waals surface area contributed by atoms with Gasteiger partial charge in [0, 0.05) is 22.1 Å². The van der Waals surface area contributed by atoms with Crippen LogP contribution in [0.15, 0.2) is 77.0 Å². The van der Waals surface area contributed by atoms with E-state index in [1.807, 2.05) is 42.1 Å². The minimum absolute atomic E-state index is 0.0500. The van der Waals surface area contributed by atoms with Gasteiger partial charge in [-0.25, -0.2) is 0 Å². The highest BCUT2D eigenvalue weighted by Gasteiger charge is 2.22. The summed E-state index contributed by atoms with van der Waals surface area (Å²) in [7, 11) is 0. The Bertz CT molecular complexity index is 865. The number of carbonyl (C=O) groups excluding carboxylic acids is 1. The first-order valence-electron chi connectivity index (χ1n) is 8.66.